The molecule has 1 aromatic heterocycles. The predicted molar refractivity (Wildman–Crippen MR) is 69.2 cm³/mol. The molecule has 1 saturated carbocycles. The van der Waals surface area contributed by atoms with Crippen LogP contribution in [0.2, 0.25) is 0 Å². The number of hydrazone groups is 1. The van der Waals surface area contributed by atoms with E-state index in [2.05, 4.69) is 29.4 Å². The van der Waals surface area contributed by atoms with Gasteiger partial charge in [0, 0.05) is 24.4 Å². The number of aromatic nitrogens is 1. The second-order valence-corrected chi connectivity index (χ2v) is 5.96. The van der Waals surface area contributed by atoms with Gasteiger partial charge in [-0.1, -0.05) is 13.8 Å². The molecule has 0 saturated heterocycles. The van der Waals surface area contributed by atoms with Crippen molar-refractivity contribution in [3.05, 3.63) is 30.1 Å². The highest BCUT2D eigenvalue weighted by Gasteiger charge is 2.46. The first-order valence-corrected chi connectivity index (χ1v) is 6.33. The van der Waals surface area contributed by atoms with E-state index < -0.39 is 0 Å². The van der Waals surface area contributed by atoms with E-state index in [0.717, 1.165) is 17.7 Å². The third-order valence-electron chi connectivity index (χ3n) is 3.78. The average molecular weight is 243 g/mol. The molecule has 94 valence electrons. The zero-order valence-electron chi connectivity index (χ0n) is 10.7. The van der Waals surface area contributed by atoms with Crippen LogP contribution >= 0.6 is 0 Å². The van der Waals surface area contributed by atoms with Crippen LogP contribution in [0.4, 0.5) is 0 Å². The topological polar surface area (TPSA) is 54.4 Å². The van der Waals surface area contributed by atoms with E-state index >= 15 is 0 Å². The van der Waals surface area contributed by atoms with E-state index in [-0.39, 0.29) is 17.4 Å². The summed E-state index contributed by atoms with van der Waals surface area (Å²) in [6.07, 6.45) is 5.12. The molecule has 1 aromatic rings. The van der Waals surface area contributed by atoms with Gasteiger partial charge in [-0.05, 0) is 24.0 Å². The van der Waals surface area contributed by atoms with E-state index in [9.17, 15) is 4.79 Å². The molecule has 0 radical (unpaired) electrons. The summed E-state index contributed by atoms with van der Waals surface area (Å²) in [5, 5.41) is 4.37. The molecule has 18 heavy (non-hydrogen) atoms. The third-order valence-corrected chi connectivity index (χ3v) is 3.78. The molecule has 3 rings (SSSR count). The third kappa shape index (κ3) is 1.82. The Morgan fingerprint density at radius 2 is 2.28 bits per heavy atom. The van der Waals surface area contributed by atoms with Crippen molar-refractivity contribution < 1.29 is 4.79 Å². The number of nitrogens with one attached hydrogen (secondary N) is 1. The summed E-state index contributed by atoms with van der Waals surface area (Å²) in [5.41, 5.74) is 5.01. The van der Waals surface area contributed by atoms with Crippen molar-refractivity contribution in [1.82, 2.24) is 10.4 Å². The van der Waals surface area contributed by atoms with Gasteiger partial charge in [0.05, 0.1) is 17.7 Å². The summed E-state index contributed by atoms with van der Waals surface area (Å²) < 4.78 is 0. The number of fused-ring (bicyclic) bond motifs is 1. The molecule has 2 heterocycles. The van der Waals surface area contributed by atoms with Gasteiger partial charge in [0.2, 0.25) is 0 Å². The van der Waals surface area contributed by atoms with Crippen LogP contribution in [0.5, 0.6) is 0 Å². The fraction of sp³-hybridized carbons (Fsp3) is 0.500. The van der Waals surface area contributed by atoms with Crippen molar-refractivity contribution >= 4 is 11.5 Å². The Kier molecular flexibility index (Phi) is 2.47. The maximum atomic E-state index is 12.3. The SMILES string of the molecule is CC1(C)CC(=O)[C@@H]2C(c3cccnc3)=NN[C@@H]2C1. The first-order valence-electron chi connectivity index (χ1n) is 6.33. The van der Waals surface area contributed by atoms with Crippen LogP contribution in [0.25, 0.3) is 0 Å². The smallest absolute Gasteiger partial charge is 0.144 e. The van der Waals surface area contributed by atoms with Gasteiger partial charge in [-0.25, -0.2) is 0 Å². The number of carbonyl (C=O) groups excluding carboxylic acids is 1. The second-order valence-electron chi connectivity index (χ2n) is 5.96. The maximum absolute atomic E-state index is 12.3. The zero-order chi connectivity index (χ0) is 12.8. The highest BCUT2D eigenvalue weighted by molar-refractivity contribution is 6.15. The van der Waals surface area contributed by atoms with Crippen molar-refractivity contribution in [3.8, 4) is 0 Å². The summed E-state index contributed by atoms with van der Waals surface area (Å²) in [7, 11) is 0. The van der Waals surface area contributed by atoms with E-state index in [1.54, 1.807) is 12.4 Å². The molecule has 2 aliphatic rings. The van der Waals surface area contributed by atoms with Gasteiger partial charge in [0.1, 0.15) is 5.78 Å². The minimum Gasteiger partial charge on any atom is -0.306 e. The van der Waals surface area contributed by atoms with Gasteiger partial charge in [0.15, 0.2) is 0 Å². The normalized spacial score (nSPS) is 29.4. The summed E-state index contributed by atoms with van der Waals surface area (Å²) >= 11 is 0. The molecule has 1 aliphatic heterocycles. The molecular weight excluding hydrogens is 226 g/mol. The summed E-state index contributed by atoms with van der Waals surface area (Å²) in [6, 6.07) is 3.99. The van der Waals surface area contributed by atoms with Crippen LogP contribution in [-0.4, -0.2) is 22.5 Å². The highest BCUT2D eigenvalue weighted by Crippen LogP contribution is 2.39. The highest BCUT2D eigenvalue weighted by atomic mass is 16.1. The lowest BCUT2D eigenvalue weighted by molar-refractivity contribution is -0.126. The van der Waals surface area contributed by atoms with Crippen molar-refractivity contribution in [3.63, 3.8) is 0 Å². The van der Waals surface area contributed by atoms with Gasteiger partial charge in [-0.15, -0.1) is 0 Å². The summed E-state index contributed by atoms with van der Waals surface area (Å²) in [6.45, 7) is 4.29. The summed E-state index contributed by atoms with van der Waals surface area (Å²) in [4.78, 5) is 16.4. The monoisotopic (exact) mass is 243 g/mol. The van der Waals surface area contributed by atoms with Gasteiger partial charge in [0.25, 0.3) is 0 Å². The predicted octanol–water partition coefficient (Wildman–Crippen LogP) is 1.76. The molecule has 2 atom stereocenters. The van der Waals surface area contributed by atoms with E-state index in [1.807, 2.05) is 12.1 Å². The van der Waals surface area contributed by atoms with Crippen LogP contribution in [0, 0.1) is 11.3 Å². The van der Waals surface area contributed by atoms with Crippen LogP contribution in [0.1, 0.15) is 32.3 Å². The number of hydrogen-bond acceptors (Lipinski definition) is 4. The molecule has 0 spiro atoms. The Balaban J connectivity index is 1.91. The maximum Gasteiger partial charge on any atom is 0.144 e. The molecule has 4 nitrogen and oxygen atoms in total. The first-order chi connectivity index (χ1) is 8.57. The Morgan fingerprint density at radius 1 is 1.44 bits per heavy atom. The van der Waals surface area contributed by atoms with Crippen molar-refractivity contribution in [2.45, 2.75) is 32.7 Å². The van der Waals surface area contributed by atoms with Crippen LogP contribution in [0.15, 0.2) is 29.6 Å². The number of carbonyl (C=O) groups is 1. The lowest BCUT2D eigenvalue weighted by Crippen LogP contribution is -2.45. The molecule has 1 fully saturated rings. The summed E-state index contributed by atoms with van der Waals surface area (Å²) in [5.74, 6) is 0.200. The molecule has 4 heteroatoms. The number of Topliss-reactive ketones (excluding diaryl/α,β-unsaturated/α-hetero) is 1. The minimum atomic E-state index is -0.0952. The van der Waals surface area contributed by atoms with E-state index in [0.29, 0.717) is 12.2 Å². The Morgan fingerprint density at radius 3 is 3.00 bits per heavy atom. The van der Waals surface area contributed by atoms with Crippen molar-refractivity contribution in [1.29, 1.82) is 0 Å². The van der Waals surface area contributed by atoms with Gasteiger partial charge < -0.3 is 5.43 Å². The molecule has 0 bridgehead atoms. The van der Waals surface area contributed by atoms with E-state index in [1.165, 1.54) is 0 Å². The number of hydrogen-bond donors (Lipinski definition) is 1. The standard InChI is InChI=1S/C14H17N3O/c1-14(2)6-10-12(11(18)7-14)13(17-16-10)9-4-3-5-15-8-9/h3-5,8,10,12,16H,6-7H2,1-2H3/t10-,12-/m1/s1. The largest absolute Gasteiger partial charge is 0.306 e. The van der Waals surface area contributed by atoms with Crippen molar-refractivity contribution in [2.24, 2.45) is 16.4 Å². The number of ketones is 1. The lowest BCUT2D eigenvalue weighted by atomic mass is 9.68. The number of pyridine rings is 1. The van der Waals surface area contributed by atoms with Crippen LogP contribution in [-0.2, 0) is 4.79 Å². The molecule has 0 aromatic carbocycles. The van der Waals surface area contributed by atoms with Crippen LogP contribution in [0.3, 0.4) is 0 Å². The molecule has 0 amide bonds. The Bertz CT molecular complexity index is 507. The molecular formula is C14H17N3O. The van der Waals surface area contributed by atoms with Gasteiger partial charge in [-0.3, -0.25) is 9.78 Å². The second kappa shape index (κ2) is 3.90. The van der Waals surface area contributed by atoms with Gasteiger partial charge in [-0.2, -0.15) is 5.10 Å². The number of rotatable bonds is 1. The molecule has 1 aliphatic carbocycles. The Hall–Kier alpha value is -1.71. The molecule has 0 unspecified atom stereocenters. The lowest BCUT2D eigenvalue weighted by Gasteiger charge is -2.36. The molecule has 1 N–H and O–H groups in total. The van der Waals surface area contributed by atoms with Crippen LogP contribution < -0.4 is 5.43 Å². The van der Waals surface area contributed by atoms with Gasteiger partial charge >= 0.3 is 0 Å². The minimum absolute atomic E-state index is 0.0746. The Labute approximate surface area is 107 Å². The van der Waals surface area contributed by atoms with E-state index in [4.69, 9.17) is 0 Å². The van der Waals surface area contributed by atoms with Crippen molar-refractivity contribution in [2.75, 3.05) is 0 Å². The average Bonchev–Trinajstić information content (AvgIpc) is 2.72. The fourth-order valence-electron chi connectivity index (χ4n) is 3.03. The quantitative estimate of drug-likeness (QED) is 0.817. The number of nitrogens with zero attached hydrogens (tertiary/aromatic N) is 2. The zero-order valence-corrected chi connectivity index (χ0v) is 10.7. The first kappa shape index (κ1) is 11.4. The fourth-order valence-corrected chi connectivity index (χ4v) is 3.03.